The largest absolute Gasteiger partial charge is 0.361 e. The van der Waals surface area contributed by atoms with Crippen molar-refractivity contribution in [1.29, 1.82) is 0 Å². The highest BCUT2D eigenvalue weighted by Crippen LogP contribution is 2.25. The molecular weight excluding hydrogens is 602 g/mol. The van der Waals surface area contributed by atoms with Crippen molar-refractivity contribution in [3.63, 3.8) is 0 Å². The van der Waals surface area contributed by atoms with Crippen LogP contribution in [-0.4, -0.2) is 54.0 Å². The van der Waals surface area contributed by atoms with Gasteiger partial charge in [0.1, 0.15) is 17.3 Å². The van der Waals surface area contributed by atoms with Crippen molar-refractivity contribution in [2.24, 2.45) is 35.1 Å². The zero-order valence-electron chi connectivity index (χ0n) is 30.3. The summed E-state index contributed by atoms with van der Waals surface area (Å²) in [6.45, 7) is 9.67. The second kappa shape index (κ2) is 23.3. The van der Waals surface area contributed by atoms with Crippen molar-refractivity contribution in [1.82, 2.24) is 15.6 Å². The predicted molar refractivity (Wildman–Crippen MR) is 197 cm³/mol. The highest BCUT2D eigenvalue weighted by Gasteiger charge is 2.22. The lowest BCUT2D eigenvalue weighted by molar-refractivity contribution is -0.121. The maximum Gasteiger partial charge on any atom is 0.315 e. The molecule has 0 spiro atoms. The highest BCUT2D eigenvalue weighted by molar-refractivity contribution is 5.83. The minimum absolute atomic E-state index is 0.0461. The summed E-state index contributed by atoms with van der Waals surface area (Å²) in [7, 11) is 0. The van der Waals surface area contributed by atoms with Crippen LogP contribution in [0.1, 0.15) is 123 Å². The first-order chi connectivity index (χ1) is 23.0. The Morgan fingerprint density at radius 2 is 1.46 bits per heavy atom. The number of unbranched alkanes of at least 4 members (excludes halogenated alkanes) is 2. The summed E-state index contributed by atoms with van der Waals surface area (Å²) in [4.78, 5) is 54.2. The number of aromatic nitrogens is 1. The number of urea groups is 1. The van der Waals surface area contributed by atoms with Crippen LogP contribution in [0.5, 0.6) is 0 Å². The van der Waals surface area contributed by atoms with Crippen LogP contribution in [0.25, 0.3) is 10.9 Å². The Morgan fingerprint density at radius 1 is 0.792 bits per heavy atom. The van der Waals surface area contributed by atoms with Gasteiger partial charge in [-0.25, -0.2) is 4.79 Å². The summed E-state index contributed by atoms with van der Waals surface area (Å²) in [6.07, 6.45) is 12.8. The average Bonchev–Trinajstić information content (AvgIpc) is 3.45. The summed E-state index contributed by atoms with van der Waals surface area (Å²) in [5.41, 5.74) is 13.6. The van der Waals surface area contributed by atoms with Crippen LogP contribution < -0.4 is 22.1 Å². The molecule has 1 heterocycles. The van der Waals surface area contributed by atoms with Gasteiger partial charge in [0, 0.05) is 61.8 Å². The number of amides is 2. The minimum Gasteiger partial charge on any atom is -0.361 e. The van der Waals surface area contributed by atoms with E-state index in [1.165, 1.54) is 0 Å². The van der Waals surface area contributed by atoms with Gasteiger partial charge in [-0.2, -0.15) is 0 Å². The zero-order valence-corrected chi connectivity index (χ0v) is 30.3. The van der Waals surface area contributed by atoms with Gasteiger partial charge >= 0.3 is 6.03 Å². The number of carbonyl (C=O) groups is 4. The molecule has 7 N–H and O–H groups in total. The number of ketones is 3. The van der Waals surface area contributed by atoms with E-state index in [1.54, 1.807) is 6.92 Å². The average molecular weight is 668 g/mol. The molecule has 0 aliphatic heterocycles. The molecule has 0 unspecified atom stereocenters. The van der Waals surface area contributed by atoms with E-state index in [-0.39, 0.29) is 41.3 Å². The topological polar surface area (TPSA) is 160 Å². The second-order valence-electron chi connectivity index (χ2n) is 14.5. The molecule has 1 aromatic carbocycles. The van der Waals surface area contributed by atoms with Crippen LogP contribution in [0.3, 0.4) is 0 Å². The molecule has 270 valence electrons. The predicted octanol–water partition coefficient (Wildman–Crippen LogP) is 7.01. The number of fused-ring (bicyclic) bond motifs is 1. The smallest absolute Gasteiger partial charge is 0.315 e. The van der Waals surface area contributed by atoms with Crippen molar-refractivity contribution in [3.8, 4) is 0 Å². The number of nitrogens with one attached hydrogen (secondary N) is 3. The maximum absolute atomic E-state index is 13.2. The lowest BCUT2D eigenvalue weighted by Gasteiger charge is -2.22. The molecule has 2 rings (SSSR count). The summed E-state index contributed by atoms with van der Waals surface area (Å²) < 4.78 is 0. The molecule has 0 bridgehead atoms. The Balaban J connectivity index is 2.00. The van der Waals surface area contributed by atoms with Crippen LogP contribution in [0.2, 0.25) is 0 Å². The van der Waals surface area contributed by atoms with Crippen molar-refractivity contribution in [2.45, 2.75) is 130 Å². The molecule has 0 saturated carbocycles. The van der Waals surface area contributed by atoms with E-state index in [0.717, 1.165) is 67.8 Å². The first kappa shape index (κ1) is 41.1. The van der Waals surface area contributed by atoms with Crippen molar-refractivity contribution in [2.75, 3.05) is 19.6 Å². The third-order valence-corrected chi connectivity index (χ3v) is 9.73. The Morgan fingerprint density at radius 3 is 2.15 bits per heavy atom. The number of H-pyrrole nitrogens is 1. The van der Waals surface area contributed by atoms with Crippen LogP contribution in [0, 0.1) is 23.7 Å². The van der Waals surface area contributed by atoms with Crippen molar-refractivity contribution in [3.05, 3.63) is 36.0 Å². The second-order valence-corrected chi connectivity index (χ2v) is 14.5. The fourth-order valence-corrected chi connectivity index (χ4v) is 6.53. The van der Waals surface area contributed by atoms with E-state index in [1.807, 2.05) is 24.4 Å². The Bertz CT molecular complexity index is 1240. The highest BCUT2D eigenvalue weighted by atomic mass is 16.2. The van der Waals surface area contributed by atoms with E-state index in [9.17, 15) is 19.2 Å². The van der Waals surface area contributed by atoms with Gasteiger partial charge in [-0.05, 0) is 100 Å². The van der Waals surface area contributed by atoms with Gasteiger partial charge in [-0.15, -0.1) is 0 Å². The zero-order chi connectivity index (χ0) is 35.3. The van der Waals surface area contributed by atoms with Crippen LogP contribution in [0.4, 0.5) is 4.79 Å². The number of hydrogen-bond acceptors (Lipinski definition) is 6. The van der Waals surface area contributed by atoms with E-state index in [4.69, 9.17) is 11.5 Å². The fourth-order valence-electron chi connectivity index (χ4n) is 6.53. The van der Waals surface area contributed by atoms with Gasteiger partial charge in [0.05, 0.1) is 0 Å². The SMILES string of the molecule is CC(=O)CC[C@@H](CC(=O)CC[C@H](CCCCN)NC(=O)NC[C@@H](CC(=O)CC[C@@H](C)CCCCN)Cc1c[nH]c2ccccc12)C(C)C. The summed E-state index contributed by atoms with van der Waals surface area (Å²) in [6, 6.07) is 7.72. The van der Waals surface area contributed by atoms with Gasteiger partial charge in [-0.3, -0.25) is 9.59 Å². The van der Waals surface area contributed by atoms with Crippen molar-refractivity contribution >= 4 is 34.3 Å². The summed E-state index contributed by atoms with van der Waals surface area (Å²) in [5, 5.41) is 7.32. The van der Waals surface area contributed by atoms with Crippen LogP contribution in [0.15, 0.2) is 30.5 Å². The molecule has 0 aliphatic carbocycles. The Hall–Kier alpha value is -3.04. The van der Waals surface area contributed by atoms with Gasteiger partial charge in [0.2, 0.25) is 0 Å². The molecule has 0 saturated heterocycles. The number of rotatable bonds is 27. The number of nitrogens with two attached hydrogens (primary N) is 2. The van der Waals surface area contributed by atoms with E-state index < -0.39 is 0 Å². The third-order valence-electron chi connectivity index (χ3n) is 9.73. The summed E-state index contributed by atoms with van der Waals surface area (Å²) >= 11 is 0. The maximum atomic E-state index is 13.2. The number of carbonyl (C=O) groups excluding carboxylic acids is 4. The molecule has 48 heavy (non-hydrogen) atoms. The monoisotopic (exact) mass is 668 g/mol. The van der Waals surface area contributed by atoms with Crippen LogP contribution >= 0.6 is 0 Å². The molecular formula is C39H65N5O4. The molecule has 0 aliphatic rings. The van der Waals surface area contributed by atoms with Crippen molar-refractivity contribution < 1.29 is 19.2 Å². The lowest BCUT2D eigenvalue weighted by atomic mass is 9.85. The molecule has 2 amide bonds. The molecule has 1 aromatic heterocycles. The standard InChI is InChI=1S/C39H65N5O4/c1-28(2)32(17-16-30(4)45)25-36(47)20-18-34(12-8-10-22-41)44-39(48)43-26-31(23-33-27-42-38-14-6-5-13-37(33)38)24-35(46)19-15-29(3)11-7-9-21-40/h5-6,13-14,27-29,31-32,34,42H,7-12,15-26,40-41H2,1-4H3,(H2,43,44,48)/t29-,31+,32-,34-/m0/s1. The molecule has 2 aromatic rings. The quantitative estimate of drug-likeness (QED) is 0.0645. The molecule has 0 radical (unpaired) electrons. The Kier molecular flexibility index (Phi) is 20.0. The lowest BCUT2D eigenvalue weighted by Crippen LogP contribution is -2.44. The number of Topliss-reactive ketones (excluding diaryl/α,β-unsaturated/α-hetero) is 3. The van der Waals surface area contributed by atoms with Gasteiger partial charge in [0.15, 0.2) is 0 Å². The molecule has 0 fully saturated rings. The molecule has 9 heteroatoms. The Labute approximate surface area is 289 Å². The minimum atomic E-state index is -0.272. The first-order valence-corrected chi connectivity index (χ1v) is 18.5. The normalized spacial score (nSPS) is 14.1. The van der Waals surface area contributed by atoms with Gasteiger partial charge in [-0.1, -0.05) is 58.2 Å². The first-order valence-electron chi connectivity index (χ1n) is 18.5. The molecule has 9 nitrogen and oxygen atoms in total. The fraction of sp³-hybridized carbons (Fsp3) is 0.692. The number of para-hydroxylation sites is 1. The van der Waals surface area contributed by atoms with Crippen LogP contribution in [-0.2, 0) is 20.8 Å². The summed E-state index contributed by atoms with van der Waals surface area (Å²) in [5.74, 6) is 1.51. The third kappa shape index (κ3) is 16.9. The van der Waals surface area contributed by atoms with E-state index in [2.05, 4.69) is 42.5 Å². The van der Waals surface area contributed by atoms with Gasteiger partial charge < -0.3 is 31.9 Å². The number of benzene rings is 1. The molecule has 4 atom stereocenters. The van der Waals surface area contributed by atoms with Gasteiger partial charge in [0.25, 0.3) is 0 Å². The van der Waals surface area contributed by atoms with E-state index >= 15 is 0 Å². The van der Waals surface area contributed by atoms with E-state index in [0.29, 0.717) is 76.4 Å². The number of hydrogen-bond donors (Lipinski definition) is 5. The number of aromatic amines is 1.